The maximum Gasteiger partial charge on any atom is 0.320 e. The van der Waals surface area contributed by atoms with E-state index in [4.69, 9.17) is 15.9 Å². The SMILES string of the molecule is COC(=N)c1c(N)cc(NC(=O)N[C@H](C)c2ccccc2)nc1CN(C)C.[HH].[HH].[HH]. The number of benzene rings is 1. The van der Waals surface area contributed by atoms with Crippen LogP contribution in [0.25, 0.3) is 0 Å². The van der Waals surface area contributed by atoms with Crippen molar-refractivity contribution in [2.75, 3.05) is 32.3 Å². The van der Waals surface area contributed by atoms with Gasteiger partial charge < -0.3 is 20.7 Å². The summed E-state index contributed by atoms with van der Waals surface area (Å²) in [4.78, 5) is 18.7. The molecule has 1 atom stereocenters. The molecule has 1 aromatic heterocycles. The Morgan fingerprint density at radius 1 is 1.37 bits per heavy atom. The van der Waals surface area contributed by atoms with Crippen molar-refractivity contribution < 1.29 is 13.8 Å². The maximum absolute atomic E-state index is 12.3. The number of pyridine rings is 1. The molecule has 2 rings (SSSR count). The van der Waals surface area contributed by atoms with Gasteiger partial charge in [0, 0.05) is 22.6 Å². The molecule has 1 aromatic carbocycles. The number of rotatable bonds is 6. The highest BCUT2D eigenvalue weighted by Crippen LogP contribution is 2.22. The van der Waals surface area contributed by atoms with E-state index in [0.29, 0.717) is 29.3 Å². The number of hydrogen-bond acceptors (Lipinski definition) is 6. The molecular formula is C19H32N6O2. The van der Waals surface area contributed by atoms with Crippen LogP contribution in [0.1, 0.15) is 34.1 Å². The fourth-order valence-electron chi connectivity index (χ4n) is 2.64. The molecule has 1 heterocycles. The summed E-state index contributed by atoms with van der Waals surface area (Å²) in [5, 5.41) is 13.5. The highest BCUT2D eigenvalue weighted by molar-refractivity contribution is 5.99. The molecule has 2 amide bonds. The molecule has 8 nitrogen and oxygen atoms in total. The minimum Gasteiger partial charge on any atom is -0.481 e. The van der Waals surface area contributed by atoms with Crippen LogP contribution in [0.4, 0.5) is 16.3 Å². The molecule has 0 spiro atoms. The average molecular weight is 377 g/mol. The topological polar surface area (TPSA) is 116 Å². The van der Waals surface area contributed by atoms with E-state index in [1.807, 2.05) is 56.3 Å². The van der Waals surface area contributed by atoms with Crippen molar-refractivity contribution in [2.45, 2.75) is 19.5 Å². The van der Waals surface area contributed by atoms with Gasteiger partial charge in [0.1, 0.15) is 5.82 Å². The van der Waals surface area contributed by atoms with Gasteiger partial charge in [0.15, 0.2) is 0 Å². The first-order valence-electron chi connectivity index (χ1n) is 8.51. The van der Waals surface area contributed by atoms with Crippen molar-refractivity contribution in [1.82, 2.24) is 15.2 Å². The van der Waals surface area contributed by atoms with Gasteiger partial charge in [0.25, 0.3) is 0 Å². The first-order chi connectivity index (χ1) is 12.8. The lowest BCUT2D eigenvalue weighted by molar-refractivity contribution is 0.249. The predicted molar refractivity (Wildman–Crippen MR) is 113 cm³/mol. The number of ether oxygens (including phenoxy) is 1. The largest absolute Gasteiger partial charge is 0.481 e. The van der Waals surface area contributed by atoms with Gasteiger partial charge in [-0.2, -0.15) is 0 Å². The molecule has 27 heavy (non-hydrogen) atoms. The summed E-state index contributed by atoms with van der Waals surface area (Å²) in [7, 11) is 5.17. The summed E-state index contributed by atoms with van der Waals surface area (Å²) in [5.74, 6) is 0.250. The van der Waals surface area contributed by atoms with Gasteiger partial charge >= 0.3 is 6.03 Å². The van der Waals surface area contributed by atoms with Crippen molar-refractivity contribution in [1.29, 1.82) is 5.41 Å². The summed E-state index contributed by atoms with van der Waals surface area (Å²) in [6, 6.07) is 10.6. The Morgan fingerprint density at radius 3 is 2.63 bits per heavy atom. The Hall–Kier alpha value is -3.13. The number of nitrogen functional groups attached to an aromatic ring is 1. The highest BCUT2D eigenvalue weighted by atomic mass is 16.5. The highest BCUT2D eigenvalue weighted by Gasteiger charge is 2.18. The van der Waals surface area contributed by atoms with Crippen LogP contribution >= 0.6 is 0 Å². The number of amides is 2. The Bertz CT molecular complexity index is 821. The van der Waals surface area contributed by atoms with Crippen molar-refractivity contribution in [2.24, 2.45) is 0 Å². The van der Waals surface area contributed by atoms with Gasteiger partial charge in [0.2, 0.25) is 5.90 Å². The van der Waals surface area contributed by atoms with Gasteiger partial charge in [-0.15, -0.1) is 0 Å². The monoisotopic (exact) mass is 376 g/mol. The van der Waals surface area contributed by atoms with Crippen molar-refractivity contribution in [3.05, 3.63) is 53.2 Å². The summed E-state index contributed by atoms with van der Waals surface area (Å²) >= 11 is 0. The first kappa shape index (κ1) is 20.2. The minimum absolute atomic E-state index is 0. The Labute approximate surface area is 163 Å². The van der Waals surface area contributed by atoms with Crippen LogP contribution < -0.4 is 16.4 Å². The normalized spacial score (nSPS) is 11.7. The fourth-order valence-corrected chi connectivity index (χ4v) is 2.64. The molecule has 0 aliphatic heterocycles. The van der Waals surface area contributed by atoms with Crippen LogP contribution in [0.15, 0.2) is 36.4 Å². The number of aromatic nitrogens is 1. The molecule has 0 radical (unpaired) electrons. The van der Waals surface area contributed by atoms with E-state index in [0.717, 1.165) is 5.56 Å². The summed E-state index contributed by atoms with van der Waals surface area (Å²) in [6.45, 7) is 2.35. The molecule has 0 aliphatic rings. The van der Waals surface area contributed by atoms with E-state index in [2.05, 4.69) is 15.6 Å². The summed E-state index contributed by atoms with van der Waals surface area (Å²) in [6.07, 6.45) is 0. The molecular weight excluding hydrogens is 344 g/mol. The second kappa shape index (κ2) is 9.00. The Balaban J connectivity index is 0. The fraction of sp³-hybridized carbons (Fsp3) is 0.316. The van der Waals surface area contributed by atoms with Crippen LogP contribution in [0.3, 0.4) is 0 Å². The van der Waals surface area contributed by atoms with E-state index in [9.17, 15) is 4.79 Å². The van der Waals surface area contributed by atoms with Crippen LogP contribution in [0.5, 0.6) is 0 Å². The van der Waals surface area contributed by atoms with E-state index in [1.54, 1.807) is 0 Å². The zero-order valence-electron chi connectivity index (χ0n) is 16.0. The van der Waals surface area contributed by atoms with Gasteiger partial charge in [-0.3, -0.25) is 10.7 Å². The Kier molecular flexibility index (Phi) is 6.73. The van der Waals surface area contributed by atoms with Gasteiger partial charge in [0.05, 0.1) is 24.4 Å². The third-order valence-corrected chi connectivity index (χ3v) is 3.91. The third-order valence-electron chi connectivity index (χ3n) is 3.91. The van der Waals surface area contributed by atoms with E-state index in [-0.39, 0.29) is 22.3 Å². The second-order valence-electron chi connectivity index (χ2n) is 6.42. The number of carbonyl (C=O) groups is 1. The lowest BCUT2D eigenvalue weighted by Crippen LogP contribution is -2.31. The zero-order valence-corrected chi connectivity index (χ0v) is 16.0. The Morgan fingerprint density at radius 2 is 2.04 bits per heavy atom. The number of nitrogens with two attached hydrogens (primary N) is 1. The van der Waals surface area contributed by atoms with Crippen LogP contribution in [-0.4, -0.2) is 43.0 Å². The van der Waals surface area contributed by atoms with Crippen LogP contribution in [0, 0.1) is 5.41 Å². The molecule has 0 saturated carbocycles. The number of urea groups is 1. The summed E-state index contributed by atoms with van der Waals surface area (Å²) < 4.78 is 5.01. The maximum atomic E-state index is 12.3. The molecule has 0 bridgehead atoms. The number of carbonyl (C=O) groups excluding carboxylic acids is 1. The molecule has 0 aliphatic carbocycles. The quantitative estimate of drug-likeness (QED) is 0.456. The molecule has 0 unspecified atom stereocenters. The number of hydrogen-bond donors (Lipinski definition) is 4. The van der Waals surface area contributed by atoms with E-state index < -0.39 is 0 Å². The molecule has 2 aromatic rings. The van der Waals surface area contributed by atoms with Crippen molar-refractivity contribution in [3.8, 4) is 0 Å². The van der Waals surface area contributed by atoms with Crippen LogP contribution in [-0.2, 0) is 11.3 Å². The molecule has 150 valence electrons. The number of nitrogens with zero attached hydrogens (tertiary/aromatic N) is 2. The first-order valence-corrected chi connectivity index (χ1v) is 8.51. The minimum atomic E-state index is -0.386. The van der Waals surface area contributed by atoms with Gasteiger partial charge in [-0.1, -0.05) is 30.3 Å². The molecule has 5 N–H and O–H groups in total. The van der Waals surface area contributed by atoms with E-state index in [1.165, 1.54) is 13.2 Å². The zero-order chi connectivity index (χ0) is 20.0. The lowest BCUT2D eigenvalue weighted by Gasteiger charge is -2.18. The van der Waals surface area contributed by atoms with Gasteiger partial charge in [-0.25, -0.2) is 9.78 Å². The number of nitrogens with one attached hydrogen (secondary N) is 3. The predicted octanol–water partition coefficient (Wildman–Crippen LogP) is 3.32. The lowest BCUT2D eigenvalue weighted by atomic mass is 10.1. The second-order valence-corrected chi connectivity index (χ2v) is 6.42. The molecule has 0 fully saturated rings. The standard InChI is InChI=1S/C19H26N6O2.3H2/c1-12(13-8-6-5-7-9-13)22-19(26)24-16-10-14(20)17(18(21)27-4)15(23-16)11-25(2)3;;;/h5-10,12,21H,11H2,1-4H3,(H4,20,22,23,24,26);3*1H/t12-;;;/m1.../s1. The van der Waals surface area contributed by atoms with Crippen molar-refractivity contribution >= 4 is 23.4 Å². The number of anilines is 2. The molecule has 8 heteroatoms. The average Bonchev–Trinajstić information content (AvgIpc) is 2.61. The van der Waals surface area contributed by atoms with Crippen LogP contribution in [0.2, 0.25) is 0 Å². The smallest absolute Gasteiger partial charge is 0.320 e. The molecule has 0 saturated heterocycles. The van der Waals surface area contributed by atoms with Gasteiger partial charge in [-0.05, 0) is 26.6 Å². The third kappa shape index (κ3) is 5.42. The summed E-state index contributed by atoms with van der Waals surface area (Å²) in [5.41, 5.74) is 8.39. The van der Waals surface area contributed by atoms with Crippen molar-refractivity contribution in [3.63, 3.8) is 0 Å². The number of methoxy groups -OCH3 is 1. The van der Waals surface area contributed by atoms with E-state index >= 15 is 0 Å².